The van der Waals surface area contributed by atoms with E-state index in [4.69, 9.17) is 9.47 Å². The Kier molecular flexibility index (Phi) is 10.3. The largest absolute Gasteiger partial charge is 0.444 e. The van der Waals surface area contributed by atoms with Gasteiger partial charge in [-0.2, -0.15) is 4.98 Å². The molecule has 5 atom stereocenters. The lowest BCUT2D eigenvalue weighted by atomic mass is 10.1. The van der Waals surface area contributed by atoms with Crippen LogP contribution in [0.4, 0.5) is 10.6 Å². The Hall–Kier alpha value is -3.07. The Morgan fingerprint density at radius 2 is 1.92 bits per heavy atom. The zero-order valence-corrected chi connectivity index (χ0v) is 20.8. The SMILES string of the molecule is CC(=O)NCCCCC(NC(=O)OC(C)(C)C)C(=O)Nc1ccn(C2OC(CO)C(O)C2O)c(=O)n1. The van der Waals surface area contributed by atoms with E-state index in [0.717, 1.165) is 4.57 Å². The van der Waals surface area contributed by atoms with Gasteiger partial charge in [0.15, 0.2) is 6.23 Å². The molecule has 1 aromatic rings. The fourth-order valence-corrected chi connectivity index (χ4v) is 3.46. The molecule has 0 aromatic carbocycles. The van der Waals surface area contributed by atoms with E-state index in [0.29, 0.717) is 19.4 Å². The molecule has 14 nitrogen and oxygen atoms in total. The van der Waals surface area contributed by atoms with Crippen molar-refractivity contribution < 1.29 is 39.2 Å². The highest BCUT2D eigenvalue weighted by Crippen LogP contribution is 2.28. The van der Waals surface area contributed by atoms with Crippen molar-refractivity contribution >= 4 is 23.7 Å². The van der Waals surface area contributed by atoms with Gasteiger partial charge in [0.05, 0.1) is 6.61 Å². The highest BCUT2D eigenvalue weighted by molar-refractivity contribution is 5.95. The van der Waals surface area contributed by atoms with Crippen LogP contribution in [0.2, 0.25) is 0 Å². The summed E-state index contributed by atoms with van der Waals surface area (Å²) in [5.41, 5.74) is -1.66. The number of amides is 3. The molecule has 5 unspecified atom stereocenters. The van der Waals surface area contributed by atoms with Gasteiger partial charge < -0.3 is 40.7 Å². The van der Waals surface area contributed by atoms with Gasteiger partial charge in [0, 0.05) is 19.7 Å². The number of carbonyl (C=O) groups excluding carboxylic acids is 3. The van der Waals surface area contributed by atoms with Gasteiger partial charge in [-0.3, -0.25) is 14.2 Å². The molecular weight excluding hydrogens is 478 g/mol. The van der Waals surface area contributed by atoms with E-state index in [-0.39, 0.29) is 18.1 Å². The molecule has 0 bridgehead atoms. The van der Waals surface area contributed by atoms with Crippen molar-refractivity contribution in [2.24, 2.45) is 0 Å². The number of hydrogen-bond acceptors (Lipinski definition) is 10. The number of ether oxygens (including phenoxy) is 2. The minimum absolute atomic E-state index is 0.109. The Morgan fingerprint density at radius 1 is 1.22 bits per heavy atom. The number of aliphatic hydroxyl groups is 3. The van der Waals surface area contributed by atoms with Crippen LogP contribution in [0.5, 0.6) is 0 Å². The first kappa shape index (κ1) is 29.2. The predicted octanol–water partition coefficient (Wildman–Crippen LogP) is -1.01. The number of nitrogens with zero attached hydrogens (tertiary/aromatic N) is 2. The minimum atomic E-state index is -1.47. The van der Waals surface area contributed by atoms with Gasteiger partial charge in [0.1, 0.15) is 35.8 Å². The Morgan fingerprint density at radius 3 is 2.47 bits per heavy atom. The number of aromatic nitrogens is 2. The molecule has 14 heteroatoms. The van der Waals surface area contributed by atoms with Gasteiger partial charge in [-0.25, -0.2) is 9.59 Å². The van der Waals surface area contributed by atoms with Crippen LogP contribution in [0.1, 0.15) is 53.2 Å². The molecule has 2 heterocycles. The van der Waals surface area contributed by atoms with Crippen molar-refractivity contribution in [3.63, 3.8) is 0 Å². The average Bonchev–Trinajstić information content (AvgIpc) is 3.05. The molecule has 1 fully saturated rings. The molecule has 0 spiro atoms. The quantitative estimate of drug-likeness (QED) is 0.211. The highest BCUT2D eigenvalue weighted by atomic mass is 16.6. The molecule has 0 saturated carbocycles. The van der Waals surface area contributed by atoms with Gasteiger partial charge in [-0.15, -0.1) is 0 Å². The minimum Gasteiger partial charge on any atom is -0.444 e. The molecule has 0 aliphatic carbocycles. The number of aliphatic hydroxyl groups excluding tert-OH is 3. The van der Waals surface area contributed by atoms with E-state index in [1.54, 1.807) is 20.8 Å². The first-order valence-corrected chi connectivity index (χ1v) is 11.6. The normalized spacial score (nSPS) is 22.5. The summed E-state index contributed by atoms with van der Waals surface area (Å²) in [6.07, 6.45) is -3.49. The van der Waals surface area contributed by atoms with E-state index in [1.165, 1.54) is 19.2 Å². The summed E-state index contributed by atoms with van der Waals surface area (Å²) < 4.78 is 11.5. The number of anilines is 1. The summed E-state index contributed by atoms with van der Waals surface area (Å²) in [5.74, 6) is -0.922. The Balaban J connectivity index is 2.08. The van der Waals surface area contributed by atoms with Crippen LogP contribution in [0.3, 0.4) is 0 Å². The second-order valence-corrected chi connectivity index (χ2v) is 9.40. The molecular formula is C22H35N5O9. The lowest BCUT2D eigenvalue weighted by molar-refractivity contribution is -0.119. The fourth-order valence-electron chi connectivity index (χ4n) is 3.46. The van der Waals surface area contributed by atoms with E-state index in [9.17, 15) is 34.5 Å². The Bertz CT molecular complexity index is 977. The zero-order valence-electron chi connectivity index (χ0n) is 20.8. The third-order valence-corrected chi connectivity index (χ3v) is 5.17. The molecule has 0 radical (unpaired) electrons. The third-order valence-electron chi connectivity index (χ3n) is 5.17. The van der Waals surface area contributed by atoms with Gasteiger partial charge in [-0.1, -0.05) is 0 Å². The van der Waals surface area contributed by atoms with Gasteiger partial charge in [0.2, 0.25) is 11.8 Å². The van der Waals surface area contributed by atoms with Crippen molar-refractivity contribution in [2.75, 3.05) is 18.5 Å². The van der Waals surface area contributed by atoms with Crippen LogP contribution < -0.4 is 21.6 Å². The van der Waals surface area contributed by atoms with Crippen molar-refractivity contribution in [3.05, 3.63) is 22.7 Å². The standard InChI is InChI=1S/C22H35N5O9/c1-12(29)23-9-6-5-7-13(24-21(34)36-22(2,3)4)18(32)25-15-8-10-27(20(33)26-15)19-17(31)16(30)14(11-28)35-19/h8,10,13-14,16-17,19,28,30-31H,5-7,9,11H2,1-4H3,(H,23,29)(H,24,34)(H,25,26,32,33). The number of carbonyl (C=O) groups is 3. The molecule has 3 amide bonds. The number of rotatable bonds is 10. The highest BCUT2D eigenvalue weighted by Gasteiger charge is 2.43. The first-order chi connectivity index (χ1) is 16.8. The van der Waals surface area contributed by atoms with E-state index in [2.05, 4.69) is 20.9 Å². The van der Waals surface area contributed by atoms with E-state index < -0.39 is 60.5 Å². The molecule has 6 N–H and O–H groups in total. The van der Waals surface area contributed by atoms with Gasteiger partial charge in [-0.05, 0) is 46.1 Å². The second kappa shape index (κ2) is 12.8. The molecule has 36 heavy (non-hydrogen) atoms. The van der Waals surface area contributed by atoms with Crippen LogP contribution >= 0.6 is 0 Å². The summed E-state index contributed by atoms with van der Waals surface area (Å²) in [5, 5.41) is 36.9. The lowest BCUT2D eigenvalue weighted by Crippen LogP contribution is -2.46. The first-order valence-electron chi connectivity index (χ1n) is 11.6. The number of hydrogen-bond donors (Lipinski definition) is 6. The third kappa shape index (κ3) is 8.55. The predicted molar refractivity (Wildman–Crippen MR) is 126 cm³/mol. The second-order valence-electron chi connectivity index (χ2n) is 9.40. The fraction of sp³-hybridized carbons (Fsp3) is 0.682. The van der Waals surface area contributed by atoms with Crippen LogP contribution in [-0.2, 0) is 19.1 Å². The molecule has 202 valence electrons. The zero-order chi connectivity index (χ0) is 27.0. The van der Waals surface area contributed by atoms with Crippen LogP contribution in [0.25, 0.3) is 0 Å². The Labute approximate surface area is 208 Å². The summed E-state index contributed by atoms with van der Waals surface area (Å²) in [6.45, 7) is 6.30. The molecule has 1 aliphatic rings. The van der Waals surface area contributed by atoms with Crippen molar-refractivity contribution in [1.29, 1.82) is 0 Å². The topological polar surface area (TPSA) is 201 Å². The van der Waals surface area contributed by atoms with Gasteiger partial charge >= 0.3 is 11.8 Å². The van der Waals surface area contributed by atoms with Gasteiger partial charge in [0.25, 0.3) is 0 Å². The smallest absolute Gasteiger partial charge is 0.408 e. The summed E-state index contributed by atoms with van der Waals surface area (Å²) >= 11 is 0. The number of alkyl carbamates (subject to hydrolysis) is 1. The maximum absolute atomic E-state index is 12.9. The van der Waals surface area contributed by atoms with Crippen molar-refractivity contribution in [2.45, 2.75) is 83.1 Å². The maximum atomic E-state index is 12.9. The monoisotopic (exact) mass is 513 g/mol. The van der Waals surface area contributed by atoms with E-state index >= 15 is 0 Å². The summed E-state index contributed by atoms with van der Waals surface area (Å²) in [4.78, 5) is 52.4. The number of nitrogens with one attached hydrogen (secondary N) is 3. The van der Waals surface area contributed by atoms with E-state index in [1.807, 2.05) is 0 Å². The van der Waals surface area contributed by atoms with Crippen molar-refractivity contribution in [3.8, 4) is 0 Å². The average molecular weight is 514 g/mol. The summed E-state index contributed by atoms with van der Waals surface area (Å²) in [6, 6.07) is 0.275. The number of unbranched alkanes of at least 4 members (excludes halogenated alkanes) is 1. The van der Waals surface area contributed by atoms with Crippen molar-refractivity contribution in [1.82, 2.24) is 20.2 Å². The molecule has 1 aliphatic heterocycles. The summed E-state index contributed by atoms with van der Waals surface area (Å²) in [7, 11) is 0. The van der Waals surface area contributed by atoms with Crippen LogP contribution in [-0.4, -0.2) is 85.9 Å². The molecule has 1 aromatic heterocycles. The van der Waals surface area contributed by atoms with Crippen LogP contribution in [0.15, 0.2) is 17.1 Å². The maximum Gasteiger partial charge on any atom is 0.408 e. The van der Waals surface area contributed by atoms with Crippen LogP contribution in [0, 0.1) is 0 Å². The molecule has 2 rings (SSSR count). The lowest BCUT2D eigenvalue weighted by Gasteiger charge is -2.23. The molecule has 1 saturated heterocycles.